The Morgan fingerprint density at radius 2 is 1.41 bits per heavy atom. The Balaban J connectivity index is 5.37. The summed E-state index contributed by atoms with van der Waals surface area (Å²) in [6, 6.07) is 0. The fraction of sp³-hybridized carbons (Fsp3) is 0.125. The van der Waals surface area contributed by atoms with Gasteiger partial charge in [-0.05, 0) is 0 Å². The molecule has 0 rings (SSSR count). The number of esters is 2. The third-order valence-electron chi connectivity index (χ3n) is 1.66. The highest BCUT2D eigenvalue weighted by atomic mass is 16.6. The molecule has 0 heterocycles. The van der Waals surface area contributed by atoms with Crippen LogP contribution >= 0.6 is 0 Å². The lowest BCUT2D eigenvalue weighted by Gasteiger charge is -2.17. The molecule has 0 saturated heterocycles. The molecular formula is C8H6O9. The number of carbonyl (C=O) groups is 5. The third-order valence-corrected chi connectivity index (χ3v) is 1.66. The summed E-state index contributed by atoms with van der Waals surface area (Å²) in [6.45, 7) is 2.83. The third kappa shape index (κ3) is 2.45. The van der Waals surface area contributed by atoms with Gasteiger partial charge in [-0.1, -0.05) is 6.08 Å². The molecule has 9 nitrogen and oxygen atoms in total. The molecule has 92 valence electrons. The molecule has 0 aliphatic carbocycles. The van der Waals surface area contributed by atoms with E-state index in [1.165, 1.54) is 0 Å². The van der Waals surface area contributed by atoms with Crippen molar-refractivity contribution in [2.45, 2.75) is 0 Å². The SMILES string of the molecule is C=CC(C(=O)O)(C(=O)O)C(=O)OC(=O)C(=O)O. The van der Waals surface area contributed by atoms with Crippen molar-refractivity contribution in [3.8, 4) is 0 Å². The van der Waals surface area contributed by atoms with E-state index in [0.717, 1.165) is 0 Å². The second-order valence-corrected chi connectivity index (χ2v) is 2.60. The normalized spacial score (nSPS) is 10.1. The number of aliphatic carboxylic acids is 3. The average Bonchev–Trinajstić information content (AvgIpc) is 2.17. The van der Waals surface area contributed by atoms with Gasteiger partial charge in [0.1, 0.15) is 0 Å². The van der Waals surface area contributed by atoms with Gasteiger partial charge in [-0.25, -0.2) is 14.4 Å². The summed E-state index contributed by atoms with van der Waals surface area (Å²) in [6.07, 6.45) is 0.217. The van der Waals surface area contributed by atoms with Crippen LogP contribution in [-0.2, 0) is 28.7 Å². The Morgan fingerprint density at radius 3 is 1.65 bits per heavy atom. The second kappa shape index (κ2) is 4.88. The highest BCUT2D eigenvalue weighted by Gasteiger charge is 2.54. The number of carbonyl (C=O) groups excluding carboxylic acids is 2. The van der Waals surface area contributed by atoms with Gasteiger partial charge in [0.15, 0.2) is 0 Å². The van der Waals surface area contributed by atoms with E-state index in [1.807, 2.05) is 0 Å². The smallest absolute Gasteiger partial charge is 0.424 e. The van der Waals surface area contributed by atoms with E-state index < -0.39 is 35.3 Å². The molecule has 0 aromatic rings. The van der Waals surface area contributed by atoms with Crippen LogP contribution in [0.15, 0.2) is 12.7 Å². The molecule has 0 radical (unpaired) electrons. The van der Waals surface area contributed by atoms with Crippen LogP contribution < -0.4 is 0 Å². The highest BCUT2D eigenvalue weighted by Crippen LogP contribution is 2.22. The van der Waals surface area contributed by atoms with Crippen molar-refractivity contribution < 1.29 is 44.0 Å². The topological polar surface area (TPSA) is 155 Å². The van der Waals surface area contributed by atoms with Crippen LogP contribution in [0.1, 0.15) is 0 Å². The number of hydrogen-bond donors (Lipinski definition) is 3. The van der Waals surface area contributed by atoms with E-state index >= 15 is 0 Å². The van der Waals surface area contributed by atoms with Crippen LogP contribution in [0.3, 0.4) is 0 Å². The van der Waals surface area contributed by atoms with Crippen LogP contribution in [0.5, 0.6) is 0 Å². The molecule has 0 bridgehead atoms. The fourth-order valence-electron chi connectivity index (χ4n) is 0.732. The van der Waals surface area contributed by atoms with Gasteiger partial charge in [-0.15, -0.1) is 6.58 Å². The molecule has 0 aliphatic heterocycles. The molecule has 0 aromatic carbocycles. The summed E-state index contributed by atoms with van der Waals surface area (Å²) in [5.41, 5.74) is -3.23. The highest BCUT2D eigenvalue weighted by molar-refractivity contribution is 6.32. The first-order valence-corrected chi connectivity index (χ1v) is 3.80. The number of carboxylic acids is 3. The monoisotopic (exact) mass is 246 g/mol. The van der Waals surface area contributed by atoms with Crippen molar-refractivity contribution in [2.75, 3.05) is 0 Å². The Kier molecular flexibility index (Phi) is 4.10. The summed E-state index contributed by atoms with van der Waals surface area (Å²) >= 11 is 0. The van der Waals surface area contributed by atoms with Crippen LogP contribution in [-0.4, -0.2) is 45.2 Å². The minimum absolute atomic E-state index is 0.217. The van der Waals surface area contributed by atoms with Gasteiger partial charge in [0.2, 0.25) is 0 Å². The maximum absolute atomic E-state index is 11.2. The van der Waals surface area contributed by atoms with E-state index in [9.17, 15) is 24.0 Å². The largest absolute Gasteiger partial charge is 0.480 e. The van der Waals surface area contributed by atoms with Crippen LogP contribution in [0.2, 0.25) is 0 Å². The van der Waals surface area contributed by atoms with Crippen LogP contribution in [0, 0.1) is 5.41 Å². The van der Waals surface area contributed by atoms with Crippen molar-refractivity contribution in [3.05, 3.63) is 12.7 Å². The summed E-state index contributed by atoms with van der Waals surface area (Å²) in [7, 11) is 0. The van der Waals surface area contributed by atoms with Gasteiger partial charge in [-0.3, -0.25) is 9.59 Å². The van der Waals surface area contributed by atoms with E-state index in [-0.39, 0.29) is 6.08 Å². The molecule has 17 heavy (non-hydrogen) atoms. The van der Waals surface area contributed by atoms with Gasteiger partial charge in [0, 0.05) is 0 Å². The Bertz CT molecular complexity index is 405. The molecule has 0 amide bonds. The first kappa shape index (κ1) is 14.3. The first-order chi connectivity index (χ1) is 7.70. The van der Waals surface area contributed by atoms with Crippen molar-refractivity contribution in [3.63, 3.8) is 0 Å². The van der Waals surface area contributed by atoms with Gasteiger partial charge in [0.25, 0.3) is 5.41 Å². The zero-order valence-electron chi connectivity index (χ0n) is 8.08. The molecule has 0 aromatic heterocycles. The quantitative estimate of drug-likeness (QED) is 0.232. The summed E-state index contributed by atoms with van der Waals surface area (Å²) in [5.74, 6) is -10.7. The van der Waals surface area contributed by atoms with Crippen LogP contribution in [0.4, 0.5) is 0 Å². The van der Waals surface area contributed by atoms with Gasteiger partial charge in [0.05, 0.1) is 0 Å². The molecule has 3 N–H and O–H groups in total. The van der Waals surface area contributed by atoms with Crippen molar-refractivity contribution in [1.29, 1.82) is 0 Å². The lowest BCUT2D eigenvalue weighted by Crippen LogP contribution is -2.47. The maximum atomic E-state index is 11.2. The van der Waals surface area contributed by atoms with E-state index in [4.69, 9.17) is 15.3 Å². The van der Waals surface area contributed by atoms with Gasteiger partial charge in [-0.2, -0.15) is 0 Å². The molecule has 0 unspecified atom stereocenters. The van der Waals surface area contributed by atoms with Crippen molar-refractivity contribution >= 4 is 29.8 Å². The first-order valence-electron chi connectivity index (χ1n) is 3.80. The molecule has 0 aliphatic rings. The summed E-state index contributed by atoms with van der Waals surface area (Å²) < 4.78 is 3.58. The summed E-state index contributed by atoms with van der Waals surface area (Å²) in [5, 5.41) is 25.3. The molecule has 0 atom stereocenters. The maximum Gasteiger partial charge on any atom is 0.424 e. The molecular weight excluding hydrogens is 240 g/mol. The fourth-order valence-corrected chi connectivity index (χ4v) is 0.732. The van der Waals surface area contributed by atoms with Gasteiger partial charge < -0.3 is 20.1 Å². The number of rotatable bonds is 4. The molecule has 0 saturated carbocycles. The standard InChI is InChI=1S/C8H6O9/c1-2-8(5(12)13,6(14)15)7(16)17-4(11)3(9)10/h2H,1H2,(H,9,10)(H,12,13)(H,14,15). The van der Waals surface area contributed by atoms with E-state index in [0.29, 0.717) is 0 Å². The second-order valence-electron chi connectivity index (χ2n) is 2.60. The van der Waals surface area contributed by atoms with Crippen molar-refractivity contribution in [1.82, 2.24) is 0 Å². The predicted octanol–water partition coefficient (Wildman–Crippen LogP) is -1.52. The lowest BCUT2D eigenvalue weighted by atomic mass is 9.88. The van der Waals surface area contributed by atoms with Crippen LogP contribution in [0.25, 0.3) is 0 Å². The zero-order chi connectivity index (χ0) is 13.8. The van der Waals surface area contributed by atoms with E-state index in [2.05, 4.69) is 11.3 Å². The minimum Gasteiger partial charge on any atom is -0.480 e. The molecule has 9 heteroatoms. The van der Waals surface area contributed by atoms with Gasteiger partial charge >= 0.3 is 29.8 Å². The molecule has 0 spiro atoms. The van der Waals surface area contributed by atoms with E-state index in [1.54, 1.807) is 0 Å². The Hall–Kier alpha value is -2.71. The molecule has 0 fully saturated rings. The minimum atomic E-state index is -3.23. The Morgan fingerprint density at radius 1 is 1.00 bits per heavy atom. The summed E-state index contributed by atoms with van der Waals surface area (Å²) in [4.78, 5) is 53.0. The zero-order valence-corrected chi connectivity index (χ0v) is 8.08. The lowest BCUT2D eigenvalue weighted by molar-refractivity contribution is -0.181. The number of hydrogen-bond acceptors (Lipinski definition) is 6. The Labute approximate surface area is 92.9 Å². The average molecular weight is 246 g/mol. The van der Waals surface area contributed by atoms with Crippen molar-refractivity contribution in [2.24, 2.45) is 5.41 Å². The number of carboxylic acid groups (broad SMARTS) is 3. The number of ether oxygens (including phenoxy) is 1. The predicted molar refractivity (Wildman–Crippen MR) is 46.6 cm³/mol.